The van der Waals surface area contributed by atoms with Gasteiger partial charge in [-0.15, -0.1) is 11.3 Å². The summed E-state index contributed by atoms with van der Waals surface area (Å²) < 4.78 is 5.12. The third-order valence-corrected chi connectivity index (χ3v) is 2.61. The Balaban J connectivity index is 1.82. The molecule has 0 aliphatic heterocycles. The van der Waals surface area contributed by atoms with Crippen LogP contribution in [0.25, 0.3) is 6.08 Å². The molecule has 0 fully saturated rings. The number of hydrazone groups is 1. The van der Waals surface area contributed by atoms with Crippen molar-refractivity contribution in [3.8, 4) is 0 Å². The first-order chi connectivity index (χ1) is 7.84. The molecule has 0 saturated heterocycles. The Kier molecular flexibility index (Phi) is 3.50. The van der Waals surface area contributed by atoms with Gasteiger partial charge in [-0.3, -0.25) is 5.43 Å². The minimum atomic E-state index is 0.792. The molecule has 2 heterocycles. The molecule has 2 rings (SSSR count). The van der Waals surface area contributed by atoms with E-state index in [0.717, 1.165) is 16.6 Å². The van der Waals surface area contributed by atoms with Crippen LogP contribution in [0.3, 0.4) is 0 Å². The summed E-state index contributed by atoms with van der Waals surface area (Å²) >= 11 is 1.53. The highest BCUT2D eigenvalue weighted by atomic mass is 32.1. The van der Waals surface area contributed by atoms with Crippen molar-refractivity contribution in [1.29, 1.82) is 0 Å². The summed E-state index contributed by atoms with van der Waals surface area (Å²) in [7, 11) is 0. The Hall–Kier alpha value is -1.88. The summed E-state index contributed by atoms with van der Waals surface area (Å²) in [5, 5.41) is 6.76. The largest absolute Gasteiger partial charge is 0.465 e. The fraction of sp³-hybridized carbons (Fsp3) is 0.0909. The van der Waals surface area contributed by atoms with E-state index in [9.17, 15) is 0 Å². The number of anilines is 1. The number of nitrogens with zero attached hydrogens (tertiary/aromatic N) is 2. The topological polar surface area (TPSA) is 50.4 Å². The summed E-state index contributed by atoms with van der Waals surface area (Å²) in [5.74, 6) is 0.802. The Labute approximate surface area is 97.3 Å². The van der Waals surface area contributed by atoms with Gasteiger partial charge in [-0.2, -0.15) is 5.10 Å². The van der Waals surface area contributed by atoms with Crippen molar-refractivity contribution in [1.82, 2.24) is 4.98 Å². The highest BCUT2D eigenvalue weighted by Gasteiger charge is 1.93. The zero-order valence-electron chi connectivity index (χ0n) is 8.75. The predicted octanol–water partition coefficient (Wildman–Crippen LogP) is 3.16. The summed E-state index contributed by atoms with van der Waals surface area (Å²) in [5.41, 5.74) is 3.83. The number of nitrogens with one attached hydrogen (secondary N) is 1. The van der Waals surface area contributed by atoms with Crippen molar-refractivity contribution in [2.45, 2.75) is 6.92 Å². The molecule has 0 bridgehead atoms. The zero-order chi connectivity index (χ0) is 11.2. The van der Waals surface area contributed by atoms with Crippen LogP contribution in [0.5, 0.6) is 0 Å². The summed E-state index contributed by atoms with van der Waals surface area (Å²) in [6.07, 6.45) is 6.91. The summed E-state index contributed by atoms with van der Waals surface area (Å²) in [4.78, 5) is 4.21. The molecule has 82 valence electrons. The molecule has 1 N–H and O–H groups in total. The lowest BCUT2D eigenvalue weighted by Gasteiger charge is -1.89. The molecular weight excluding hydrogens is 222 g/mol. The second kappa shape index (κ2) is 5.27. The SMILES string of the molecule is Cc1csc(N/N=C/C=C/c2ccco2)n1. The van der Waals surface area contributed by atoms with E-state index in [4.69, 9.17) is 4.42 Å². The van der Waals surface area contributed by atoms with E-state index in [2.05, 4.69) is 15.5 Å². The van der Waals surface area contributed by atoms with Crippen LogP contribution in [-0.4, -0.2) is 11.2 Å². The van der Waals surface area contributed by atoms with Crippen LogP contribution >= 0.6 is 11.3 Å². The normalized spacial score (nSPS) is 11.6. The van der Waals surface area contributed by atoms with Crippen LogP contribution in [0.1, 0.15) is 11.5 Å². The van der Waals surface area contributed by atoms with Gasteiger partial charge in [0.1, 0.15) is 5.76 Å². The maximum atomic E-state index is 5.12. The minimum Gasteiger partial charge on any atom is -0.465 e. The molecule has 0 unspecified atom stereocenters. The molecule has 0 spiro atoms. The third kappa shape index (κ3) is 3.06. The van der Waals surface area contributed by atoms with Gasteiger partial charge in [0.2, 0.25) is 5.13 Å². The van der Waals surface area contributed by atoms with Gasteiger partial charge >= 0.3 is 0 Å². The molecule has 2 aromatic heterocycles. The Morgan fingerprint density at radius 1 is 1.56 bits per heavy atom. The molecular formula is C11H11N3OS. The Morgan fingerprint density at radius 2 is 2.50 bits per heavy atom. The molecule has 16 heavy (non-hydrogen) atoms. The van der Waals surface area contributed by atoms with E-state index < -0.39 is 0 Å². The van der Waals surface area contributed by atoms with Gasteiger partial charge in [-0.25, -0.2) is 4.98 Å². The quantitative estimate of drug-likeness (QED) is 0.652. The summed E-state index contributed by atoms with van der Waals surface area (Å²) in [6.45, 7) is 1.95. The van der Waals surface area contributed by atoms with E-state index in [1.54, 1.807) is 18.6 Å². The van der Waals surface area contributed by atoms with Crippen LogP contribution < -0.4 is 5.43 Å². The standard InChI is InChI=1S/C11H11N3OS/c1-9-8-16-11(13-9)14-12-6-2-4-10-5-3-7-15-10/h2-8H,1H3,(H,13,14)/b4-2+,12-6+. The van der Waals surface area contributed by atoms with Crippen molar-refractivity contribution in [2.75, 3.05) is 5.43 Å². The molecule has 0 atom stereocenters. The average molecular weight is 233 g/mol. The molecule has 0 amide bonds. The second-order valence-corrected chi connectivity index (χ2v) is 3.92. The van der Waals surface area contributed by atoms with Crippen molar-refractivity contribution in [3.05, 3.63) is 41.3 Å². The number of hydrogen-bond donors (Lipinski definition) is 1. The molecule has 0 radical (unpaired) electrons. The molecule has 0 saturated carbocycles. The fourth-order valence-corrected chi connectivity index (χ4v) is 1.70. The first kappa shape index (κ1) is 10.6. The number of aromatic nitrogens is 1. The van der Waals surface area contributed by atoms with Gasteiger partial charge in [0, 0.05) is 11.6 Å². The maximum Gasteiger partial charge on any atom is 0.203 e. The average Bonchev–Trinajstić information content (AvgIpc) is 2.89. The predicted molar refractivity (Wildman–Crippen MR) is 66.7 cm³/mol. The second-order valence-electron chi connectivity index (χ2n) is 3.06. The lowest BCUT2D eigenvalue weighted by atomic mass is 10.4. The Bertz CT molecular complexity index is 485. The van der Waals surface area contributed by atoms with Gasteiger partial charge in [0.15, 0.2) is 0 Å². The first-order valence-corrected chi connectivity index (χ1v) is 5.64. The van der Waals surface area contributed by atoms with Gasteiger partial charge in [0.05, 0.1) is 12.0 Å². The number of furan rings is 1. The van der Waals surface area contributed by atoms with Crippen LogP contribution in [0, 0.1) is 6.92 Å². The van der Waals surface area contributed by atoms with Crippen molar-refractivity contribution < 1.29 is 4.42 Å². The lowest BCUT2D eigenvalue weighted by molar-refractivity contribution is 0.557. The Morgan fingerprint density at radius 3 is 3.19 bits per heavy atom. The molecule has 5 heteroatoms. The monoisotopic (exact) mass is 233 g/mol. The number of allylic oxidation sites excluding steroid dienone is 1. The van der Waals surface area contributed by atoms with E-state index in [-0.39, 0.29) is 0 Å². The third-order valence-electron chi connectivity index (χ3n) is 1.74. The highest BCUT2D eigenvalue weighted by molar-refractivity contribution is 7.13. The van der Waals surface area contributed by atoms with Crippen molar-refractivity contribution in [2.24, 2.45) is 5.10 Å². The molecule has 0 aliphatic carbocycles. The van der Waals surface area contributed by atoms with Crippen LogP contribution in [0.4, 0.5) is 5.13 Å². The van der Waals surface area contributed by atoms with Gasteiger partial charge in [-0.1, -0.05) is 0 Å². The first-order valence-electron chi connectivity index (χ1n) is 4.76. The van der Waals surface area contributed by atoms with Crippen LogP contribution in [-0.2, 0) is 0 Å². The van der Waals surface area contributed by atoms with Crippen molar-refractivity contribution in [3.63, 3.8) is 0 Å². The molecule has 0 aromatic carbocycles. The van der Waals surface area contributed by atoms with E-state index >= 15 is 0 Å². The lowest BCUT2D eigenvalue weighted by Crippen LogP contribution is -1.86. The van der Waals surface area contributed by atoms with Gasteiger partial charge < -0.3 is 4.42 Å². The van der Waals surface area contributed by atoms with Crippen LogP contribution in [0.15, 0.2) is 39.4 Å². The van der Waals surface area contributed by atoms with E-state index in [0.29, 0.717) is 0 Å². The highest BCUT2D eigenvalue weighted by Crippen LogP contribution is 2.13. The number of aryl methyl sites for hydroxylation is 1. The molecule has 0 aliphatic rings. The van der Waals surface area contributed by atoms with E-state index in [1.807, 2.05) is 30.5 Å². The van der Waals surface area contributed by atoms with Gasteiger partial charge in [0.25, 0.3) is 0 Å². The number of hydrogen-bond acceptors (Lipinski definition) is 5. The van der Waals surface area contributed by atoms with Crippen LogP contribution in [0.2, 0.25) is 0 Å². The molecule has 2 aromatic rings. The summed E-state index contributed by atoms with van der Waals surface area (Å²) in [6, 6.07) is 3.72. The number of thiazole rings is 1. The smallest absolute Gasteiger partial charge is 0.203 e. The zero-order valence-corrected chi connectivity index (χ0v) is 9.57. The maximum absolute atomic E-state index is 5.12. The fourth-order valence-electron chi connectivity index (χ4n) is 1.06. The van der Waals surface area contributed by atoms with Gasteiger partial charge in [-0.05, 0) is 31.2 Å². The number of rotatable bonds is 4. The van der Waals surface area contributed by atoms with Crippen molar-refractivity contribution >= 4 is 28.8 Å². The van der Waals surface area contributed by atoms with E-state index in [1.165, 1.54) is 11.3 Å². The molecule has 4 nitrogen and oxygen atoms in total. The minimum absolute atomic E-state index is 0.792.